The first kappa shape index (κ1) is 21.4. The number of nitrogens with one attached hydrogen (secondary N) is 1. The number of anilines is 2. The zero-order valence-electron chi connectivity index (χ0n) is 15.7. The van der Waals surface area contributed by atoms with Crippen molar-refractivity contribution in [3.63, 3.8) is 0 Å². The number of aromatic nitrogens is 4. The van der Waals surface area contributed by atoms with E-state index in [1.54, 1.807) is 0 Å². The maximum Gasteiger partial charge on any atom is 0.411 e. The van der Waals surface area contributed by atoms with E-state index < -0.39 is 49.7 Å². The Morgan fingerprint density at radius 3 is 2.55 bits per heavy atom. The Kier molecular flexibility index (Phi) is 5.75. The highest BCUT2D eigenvalue weighted by Gasteiger charge is 2.45. The first-order valence-electron chi connectivity index (χ1n) is 9.09. The lowest BCUT2D eigenvalue weighted by atomic mass is 10.1. The molecule has 1 saturated heterocycles. The molecule has 0 amide bonds. The number of hydrogen-bond donors (Lipinski definition) is 3. The third-order valence-corrected chi connectivity index (χ3v) is 4.62. The molecule has 31 heavy (non-hydrogen) atoms. The lowest BCUT2D eigenvalue weighted by molar-refractivity contribution is -0.184. The molecule has 0 radical (unpaired) electrons. The van der Waals surface area contributed by atoms with Gasteiger partial charge in [-0.1, -0.05) is 0 Å². The van der Waals surface area contributed by atoms with Gasteiger partial charge < -0.3 is 25.0 Å². The number of aliphatic hydroxyl groups excluding tert-OH is 2. The van der Waals surface area contributed by atoms with Crippen molar-refractivity contribution in [2.75, 3.05) is 18.5 Å². The van der Waals surface area contributed by atoms with Crippen molar-refractivity contribution in [1.29, 1.82) is 0 Å². The van der Waals surface area contributed by atoms with Crippen LogP contribution >= 0.6 is 0 Å². The normalized spacial score (nSPS) is 24.1. The smallest absolute Gasteiger partial charge is 0.387 e. The average molecular weight is 443 g/mol. The molecule has 166 valence electrons. The van der Waals surface area contributed by atoms with Crippen LogP contribution in [0.5, 0.6) is 0 Å². The van der Waals surface area contributed by atoms with E-state index in [4.69, 9.17) is 4.74 Å². The molecule has 4 rings (SSSR count). The number of ether oxygens (including phenoxy) is 2. The number of halogens is 4. The first-order chi connectivity index (χ1) is 14.7. The summed E-state index contributed by atoms with van der Waals surface area (Å²) in [7, 11) is 0. The lowest BCUT2D eigenvalue weighted by Crippen LogP contribution is -2.34. The number of rotatable bonds is 6. The van der Waals surface area contributed by atoms with Gasteiger partial charge in [0.1, 0.15) is 37.1 Å². The number of aliphatic hydroxyl groups is 2. The van der Waals surface area contributed by atoms with Crippen molar-refractivity contribution in [1.82, 2.24) is 19.5 Å². The minimum Gasteiger partial charge on any atom is -0.387 e. The molecule has 1 aliphatic heterocycles. The molecule has 3 heterocycles. The number of fused-ring (bicyclic) bond motifs is 1. The van der Waals surface area contributed by atoms with Crippen LogP contribution in [0, 0.1) is 5.82 Å². The van der Waals surface area contributed by atoms with Gasteiger partial charge in [-0.15, -0.1) is 0 Å². The predicted molar refractivity (Wildman–Crippen MR) is 97.8 cm³/mol. The average Bonchev–Trinajstić information content (AvgIpc) is 3.26. The van der Waals surface area contributed by atoms with E-state index in [2.05, 4.69) is 25.0 Å². The summed E-state index contributed by atoms with van der Waals surface area (Å²) in [5.41, 5.74) is 1.09. The Labute approximate surface area is 172 Å². The first-order valence-corrected chi connectivity index (χ1v) is 9.09. The summed E-state index contributed by atoms with van der Waals surface area (Å²) in [4.78, 5) is 12.4. The van der Waals surface area contributed by atoms with E-state index in [0.717, 1.165) is 0 Å². The van der Waals surface area contributed by atoms with Crippen LogP contribution < -0.4 is 5.32 Å². The summed E-state index contributed by atoms with van der Waals surface area (Å²) < 4.78 is 61.3. The summed E-state index contributed by atoms with van der Waals surface area (Å²) in [6.45, 7) is -2.06. The van der Waals surface area contributed by atoms with Crippen LogP contribution in [-0.4, -0.2) is 67.4 Å². The molecule has 0 aliphatic carbocycles. The third kappa shape index (κ3) is 4.58. The second kappa shape index (κ2) is 8.34. The molecule has 9 nitrogen and oxygen atoms in total. The van der Waals surface area contributed by atoms with Crippen molar-refractivity contribution >= 4 is 22.7 Å². The van der Waals surface area contributed by atoms with Gasteiger partial charge in [-0.05, 0) is 24.3 Å². The molecule has 3 aromatic rings. The summed E-state index contributed by atoms with van der Waals surface area (Å²) in [6, 6.07) is 5.55. The Bertz CT molecular complexity index is 1050. The van der Waals surface area contributed by atoms with E-state index in [1.165, 1.54) is 41.5 Å². The zero-order valence-corrected chi connectivity index (χ0v) is 15.7. The standard InChI is InChI=1S/C18H17F4N5O4/c19-9-1-3-10(4-2-9)26-15-12-16(24-7-23-15)27(8-25-12)17-14(29)13(28)11(31-17)5-30-6-18(20,21)22/h1-4,7-8,11,13-14,17,28-29H,5-6H2,(H,23,24,26)/t11-,13-,14-,17-/m1/s1. The minimum absolute atomic E-state index is 0.243. The highest BCUT2D eigenvalue weighted by molar-refractivity contribution is 5.85. The van der Waals surface area contributed by atoms with Gasteiger partial charge in [0.05, 0.1) is 12.9 Å². The summed E-state index contributed by atoms with van der Waals surface area (Å²) in [5, 5.41) is 23.5. The Balaban J connectivity index is 1.53. The van der Waals surface area contributed by atoms with Crippen molar-refractivity contribution in [3.05, 3.63) is 42.7 Å². The van der Waals surface area contributed by atoms with Crippen molar-refractivity contribution in [2.24, 2.45) is 0 Å². The summed E-state index contributed by atoms with van der Waals surface area (Å²) in [5.74, 6) is -0.101. The van der Waals surface area contributed by atoms with Gasteiger partial charge in [0, 0.05) is 5.69 Å². The van der Waals surface area contributed by atoms with Gasteiger partial charge in [0.25, 0.3) is 0 Å². The van der Waals surface area contributed by atoms with Gasteiger partial charge in [-0.2, -0.15) is 13.2 Å². The minimum atomic E-state index is -4.52. The lowest BCUT2D eigenvalue weighted by Gasteiger charge is -2.16. The van der Waals surface area contributed by atoms with Crippen molar-refractivity contribution < 1.29 is 37.2 Å². The van der Waals surface area contributed by atoms with Gasteiger partial charge in [-0.25, -0.2) is 19.3 Å². The van der Waals surface area contributed by atoms with E-state index >= 15 is 0 Å². The van der Waals surface area contributed by atoms with Crippen LogP contribution in [0.2, 0.25) is 0 Å². The maximum absolute atomic E-state index is 13.1. The number of imidazole rings is 1. The van der Waals surface area contributed by atoms with E-state index in [-0.39, 0.29) is 5.65 Å². The SMILES string of the molecule is O[C@@H]1[C@H](O)[C@@H](COCC(F)(F)F)O[C@H]1n1cnc2c(Nc3ccc(F)cc3)ncnc21. The molecule has 3 N–H and O–H groups in total. The Morgan fingerprint density at radius 2 is 1.84 bits per heavy atom. The van der Waals surface area contributed by atoms with Gasteiger partial charge >= 0.3 is 6.18 Å². The molecule has 1 aromatic carbocycles. The van der Waals surface area contributed by atoms with E-state index in [9.17, 15) is 27.8 Å². The molecule has 0 saturated carbocycles. The van der Waals surface area contributed by atoms with Gasteiger partial charge in [-0.3, -0.25) is 4.57 Å². The predicted octanol–water partition coefficient (Wildman–Crippen LogP) is 1.91. The molecule has 1 fully saturated rings. The number of alkyl halides is 3. The van der Waals surface area contributed by atoms with Crippen LogP contribution in [0.3, 0.4) is 0 Å². The van der Waals surface area contributed by atoms with Crippen LogP contribution in [0.1, 0.15) is 6.23 Å². The second-order valence-electron chi connectivity index (χ2n) is 6.85. The molecule has 13 heteroatoms. The molecule has 0 spiro atoms. The van der Waals surface area contributed by atoms with Crippen LogP contribution in [0.15, 0.2) is 36.9 Å². The Hall–Kier alpha value is -2.87. The molecule has 2 aromatic heterocycles. The Morgan fingerprint density at radius 1 is 1.10 bits per heavy atom. The zero-order chi connectivity index (χ0) is 22.2. The molecule has 4 atom stereocenters. The largest absolute Gasteiger partial charge is 0.411 e. The molecular formula is C18H17F4N5O4. The third-order valence-electron chi connectivity index (χ3n) is 4.62. The molecular weight excluding hydrogens is 426 g/mol. The topological polar surface area (TPSA) is 115 Å². The monoisotopic (exact) mass is 443 g/mol. The molecule has 0 unspecified atom stereocenters. The van der Waals surface area contributed by atoms with Crippen molar-refractivity contribution in [3.8, 4) is 0 Å². The fourth-order valence-corrected chi connectivity index (χ4v) is 3.19. The maximum atomic E-state index is 13.1. The number of benzene rings is 1. The number of hydrogen-bond acceptors (Lipinski definition) is 8. The van der Waals surface area contributed by atoms with E-state index in [0.29, 0.717) is 17.0 Å². The summed E-state index contributed by atoms with van der Waals surface area (Å²) >= 11 is 0. The highest BCUT2D eigenvalue weighted by atomic mass is 19.4. The van der Waals surface area contributed by atoms with Crippen molar-refractivity contribution in [2.45, 2.75) is 30.7 Å². The highest BCUT2D eigenvalue weighted by Crippen LogP contribution is 2.33. The van der Waals surface area contributed by atoms with Crippen LogP contribution in [0.25, 0.3) is 11.2 Å². The van der Waals surface area contributed by atoms with Gasteiger partial charge in [0.2, 0.25) is 0 Å². The fourth-order valence-electron chi connectivity index (χ4n) is 3.19. The summed E-state index contributed by atoms with van der Waals surface area (Å²) in [6.07, 6.45) is -7.27. The number of nitrogens with zero attached hydrogens (tertiary/aromatic N) is 4. The van der Waals surface area contributed by atoms with Gasteiger partial charge in [0.15, 0.2) is 23.2 Å². The molecule has 0 bridgehead atoms. The van der Waals surface area contributed by atoms with Crippen LogP contribution in [0.4, 0.5) is 29.1 Å². The second-order valence-corrected chi connectivity index (χ2v) is 6.85. The fraction of sp³-hybridized carbons (Fsp3) is 0.389. The van der Waals surface area contributed by atoms with Crippen LogP contribution in [-0.2, 0) is 9.47 Å². The van der Waals surface area contributed by atoms with E-state index in [1.807, 2.05) is 0 Å². The molecule has 1 aliphatic rings. The quantitative estimate of drug-likeness (QED) is 0.495.